The van der Waals surface area contributed by atoms with Crippen molar-refractivity contribution in [1.29, 1.82) is 0 Å². The Morgan fingerprint density at radius 2 is 2.33 bits per heavy atom. The predicted molar refractivity (Wildman–Crippen MR) is 35.5 cm³/mol. The van der Waals surface area contributed by atoms with Crippen LogP contribution in [-0.4, -0.2) is 18.8 Å². The van der Waals surface area contributed by atoms with E-state index in [9.17, 15) is 0 Å². The van der Waals surface area contributed by atoms with Crippen LogP contribution < -0.4 is 0 Å². The van der Waals surface area contributed by atoms with E-state index >= 15 is 0 Å². The number of rotatable bonds is 0. The molecule has 0 saturated carbocycles. The third-order valence-corrected chi connectivity index (χ3v) is 1.64. The van der Waals surface area contributed by atoms with E-state index in [4.69, 9.17) is 32.7 Å². The maximum absolute atomic E-state index is 5.57. The largest absolute Gasteiger partial charge is 0.497 e. The summed E-state index contributed by atoms with van der Waals surface area (Å²) in [6, 6.07) is 0. The summed E-state index contributed by atoms with van der Waals surface area (Å²) in [4.78, 5) is 0. The van der Waals surface area contributed by atoms with Crippen molar-refractivity contribution >= 4 is 23.2 Å². The molecule has 2 nitrogen and oxygen atoms in total. The molecule has 0 radical (unpaired) electrons. The van der Waals surface area contributed by atoms with E-state index in [1.807, 2.05) is 0 Å². The molecule has 1 aliphatic rings. The van der Waals surface area contributed by atoms with Crippen molar-refractivity contribution in [2.75, 3.05) is 13.2 Å². The van der Waals surface area contributed by atoms with Crippen molar-refractivity contribution in [3.63, 3.8) is 0 Å². The van der Waals surface area contributed by atoms with Crippen LogP contribution in [0.4, 0.5) is 0 Å². The minimum absolute atomic E-state index is 0.397. The first kappa shape index (κ1) is 7.19. The van der Waals surface area contributed by atoms with E-state index < -0.39 is 5.56 Å². The molecule has 0 aromatic carbocycles. The monoisotopic (exact) mass is 168 g/mol. The molecule has 0 aromatic rings. The summed E-state index contributed by atoms with van der Waals surface area (Å²) < 4.78 is 9.83. The molecule has 1 aliphatic heterocycles. The zero-order valence-electron chi connectivity index (χ0n) is 4.64. The summed E-state index contributed by atoms with van der Waals surface area (Å²) in [6.07, 6.45) is 1.41. The molecule has 0 aliphatic carbocycles. The molecule has 0 amide bonds. The Morgan fingerprint density at radius 1 is 1.56 bits per heavy atom. The van der Waals surface area contributed by atoms with Gasteiger partial charge in [-0.15, -0.1) is 0 Å². The van der Waals surface area contributed by atoms with E-state index in [0.29, 0.717) is 18.2 Å². The number of hydrogen-bond donors (Lipinski definition) is 0. The van der Waals surface area contributed by atoms with Crippen molar-refractivity contribution in [2.45, 2.75) is 5.56 Å². The molecule has 4 heteroatoms. The van der Waals surface area contributed by atoms with Gasteiger partial charge in [-0.05, 0) is 0 Å². The van der Waals surface area contributed by atoms with Crippen LogP contribution in [0, 0.1) is 0 Å². The molecule has 0 bridgehead atoms. The molecule has 0 aromatic heterocycles. The molecule has 1 heterocycles. The van der Waals surface area contributed by atoms with Gasteiger partial charge in [0.1, 0.15) is 12.9 Å². The van der Waals surface area contributed by atoms with Gasteiger partial charge in [0.05, 0.1) is 11.6 Å². The summed E-state index contributed by atoms with van der Waals surface area (Å²) in [7, 11) is 0. The number of hydrogen-bond acceptors (Lipinski definition) is 2. The van der Waals surface area contributed by atoms with Gasteiger partial charge in [-0.1, -0.05) is 23.2 Å². The minimum Gasteiger partial charge on any atom is -0.497 e. The maximum Gasteiger partial charge on any atom is 0.170 e. The predicted octanol–water partition coefficient (Wildman–Crippen LogP) is 1.68. The topological polar surface area (TPSA) is 18.5 Å². The lowest BCUT2D eigenvalue weighted by atomic mass is 10.6. The van der Waals surface area contributed by atoms with E-state index in [-0.39, 0.29) is 0 Å². The zero-order chi connectivity index (χ0) is 6.69. The number of alkyl halides is 1. The second-order valence-corrected chi connectivity index (χ2v) is 2.39. The molecule has 1 rings (SSSR count). The van der Waals surface area contributed by atoms with Gasteiger partial charge < -0.3 is 9.47 Å². The first-order valence-corrected chi connectivity index (χ1v) is 3.35. The number of halogens is 2. The first-order chi connectivity index (χ1) is 4.30. The van der Waals surface area contributed by atoms with Crippen molar-refractivity contribution < 1.29 is 9.47 Å². The Morgan fingerprint density at radius 3 is 3.11 bits per heavy atom. The number of ether oxygens (including phenoxy) is 2. The Kier molecular flexibility index (Phi) is 2.64. The first-order valence-electron chi connectivity index (χ1n) is 2.53. The molecule has 0 saturated heterocycles. The van der Waals surface area contributed by atoms with Gasteiger partial charge in [0.25, 0.3) is 0 Å². The van der Waals surface area contributed by atoms with E-state index in [1.165, 1.54) is 6.26 Å². The second-order valence-electron chi connectivity index (χ2n) is 1.56. The molecule has 52 valence electrons. The van der Waals surface area contributed by atoms with E-state index in [1.54, 1.807) is 0 Å². The minimum atomic E-state index is -0.533. The Hall–Kier alpha value is 0.0800. The average molecular weight is 169 g/mol. The molecule has 9 heavy (non-hydrogen) atoms. The van der Waals surface area contributed by atoms with Crippen LogP contribution >= 0.6 is 23.2 Å². The standard InChI is InChI=1S/C5H6Cl2O2/c6-4-3-8-1-2-9-5(4)7/h3,5H,1-2H2. The smallest absolute Gasteiger partial charge is 0.170 e. The summed E-state index contributed by atoms with van der Waals surface area (Å²) in [5.41, 5.74) is -0.533. The van der Waals surface area contributed by atoms with Crippen molar-refractivity contribution in [1.82, 2.24) is 0 Å². The van der Waals surface area contributed by atoms with Crippen LogP contribution in [-0.2, 0) is 9.47 Å². The lowest BCUT2D eigenvalue weighted by molar-refractivity contribution is 0.101. The van der Waals surface area contributed by atoms with Crippen LogP contribution in [0.25, 0.3) is 0 Å². The third-order valence-electron chi connectivity index (χ3n) is 0.878. The van der Waals surface area contributed by atoms with Crippen LogP contribution in [0.3, 0.4) is 0 Å². The molecule has 0 fully saturated rings. The average Bonchev–Trinajstić information content (AvgIpc) is 1.99. The van der Waals surface area contributed by atoms with Gasteiger partial charge in [-0.2, -0.15) is 0 Å². The summed E-state index contributed by atoms with van der Waals surface area (Å²) in [5.74, 6) is 0. The van der Waals surface area contributed by atoms with Gasteiger partial charge in [0, 0.05) is 0 Å². The zero-order valence-corrected chi connectivity index (χ0v) is 6.15. The highest BCUT2D eigenvalue weighted by molar-refractivity contribution is 6.36. The highest BCUT2D eigenvalue weighted by Gasteiger charge is 2.11. The lowest BCUT2D eigenvalue weighted by Gasteiger charge is -2.02. The fourth-order valence-electron chi connectivity index (χ4n) is 0.471. The highest BCUT2D eigenvalue weighted by Crippen LogP contribution is 2.17. The lowest BCUT2D eigenvalue weighted by Crippen LogP contribution is -2.05. The van der Waals surface area contributed by atoms with Crippen LogP contribution in [0.1, 0.15) is 0 Å². The Labute approximate surface area is 63.3 Å². The maximum atomic E-state index is 5.57. The second kappa shape index (κ2) is 3.30. The summed E-state index contributed by atoms with van der Waals surface area (Å²) in [5, 5.41) is 0.397. The summed E-state index contributed by atoms with van der Waals surface area (Å²) >= 11 is 11.1. The Balaban J connectivity index is 2.51. The SMILES string of the molecule is ClC1=COCCOC1Cl. The fourth-order valence-corrected chi connectivity index (χ4v) is 0.738. The van der Waals surface area contributed by atoms with Gasteiger partial charge in [0.15, 0.2) is 5.56 Å². The molecule has 0 N–H and O–H groups in total. The molecular weight excluding hydrogens is 163 g/mol. The normalized spacial score (nSPS) is 28.2. The van der Waals surface area contributed by atoms with Crippen LogP contribution in [0.5, 0.6) is 0 Å². The highest BCUT2D eigenvalue weighted by atomic mass is 35.5. The van der Waals surface area contributed by atoms with Crippen molar-refractivity contribution in [3.8, 4) is 0 Å². The summed E-state index contributed by atoms with van der Waals surface area (Å²) in [6.45, 7) is 1.00. The van der Waals surface area contributed by atoms with Crippen LogP contribution in [0.2, 0.25) is 0 Å². The van der Waals surface area contributed by atoms with E-state index in [2.05, 4.69) is 0 Å². The molecule has 1 atom stereocenters. The molecule has 1 unspecified atom stereocenters. The Bertz CT molecular complexity index is 124. The van der Waals surface area contributed by atoms with E-state index in [0.717, 1.165) is 0 Å². The molecular formula is C5H6Cl2O2. The third kappa shape index (κ3) is 2.05. The quantitative estimate of drug-likeness (QED) is 0.513. The molecule has 0 spiro atoms. The van der Waals surface area contributed by atoms with Crippen molar-refractivity contribution in [3.05, 3.63) is 11.3 Å². The van der Waals surface area contributed by atoms with Crippen LogP contribution in [0.15, 0.2) is 11.3 Å². The fraction of sp³-hybridized carbons (Fsp3) is 0.600. The van der Waals surface area contributed by atoms with Gasteiger partial charge >= 0.3 is 0 Å². The van der Waals surface area contributed by atoms with Gasteiger partial charge in [0.2, 0.25) is 0 Å². The van der Waals surface area contributed by atoms with Gasteiger partial charge in [-0.3, -0.25) is 0 Å². The van der Waals surface area contributed by atoms with Crippen molar-refractivity contribution in [2.24, 2.45) is 0 Å². The van der Waals surface area contributed by atoms with Gasteiger partial charge in [-0.25, -0.2) is 0 Å².